The highest BCUT2D eigenvalue weighted by Crippen LogP contribution is 2.22. The molecule has 0 radical (unpaired) electrons. The molecule has 0 spiro atoms. The zero-order valence-corrected chi connectivity index (χ0v) is 17.3. The summed E-state index contributed by atoms with van der Waals surface area (Å²) in [6.45, 7) is 2.54. The number of halogens is 1. The fraction of sp³-hybridized carbons (Fsp3) is 0.263. The molecule has 2 heterocycles. The molecule has 7 nitrogen and oxygen atoms in total. The number of hydrogen-bond acceptors (Lipinski definition) is 5. The zero-order valence-electron chi connectivity index (χ0n) is 15.7. The lowest BCUT2D eigenvalue weighted by molar-refractivity contribution is -0.121. The maximum absolute atomic E-state index is 13.5. The van der Waals surface area contributed by atoms with Crippen molar-refractivity contribution < 1.29 is 14.0 Å². The number of rotatable bonds is 8. The molecule has 152 valence electrons. The number of aromatic amines is 1. The molecule has 29 heavy (non-hydrogen) atoms. The quantitative estimate of drug-likeness (QED) is 0.376. The molecule has 0 unspecified atom stereocenters. The van der Waals surface area contributed by atoms with Crippen molar-refractivity contribution in [2.75, 3.05) is 13.1 Å². The van der Waals surface area contributed by atoms with Gasteiger partial charge in [0.1, 0.15) is 5.82 Å². The van der Waals surface area contributed by atoms with Crippen molar-refractivity contribution in [3.05, 3.63) is 57.4 Å². The Morgan fingerprint density at radius 3 is 2.79 bits per heavy atom. The predicted molar refractivity (Wildman–Crippen MR) is 112 cm³/mol. The van der Waals surface area contributed by atoms with Gasteiger partial charge in [0.2, 0.25) is 5.91 Å². The zero-order chi connectivity index (χ0) is 20.8. The van der Waals surface area contributed by atoms with E-state index in [-0.39, 0.29) is 36.9 Å². The summed E-state index contributed by atoms with van der Waals surface area (Å²) in [6, 6.07) is 8.18. The van der Waals surface area contributed by atoms with E-state index in [0.29, 0.717) is 22.7 Å². The first-order valence-electron chi connectivity index (χ1n) is 8.96. The maximum Gasteiger partial charge on any atom is 0.251 e. The Balaban J connectivity index is 1.43. The third-order valence-corrected chi connectivity index (χ3v) is 5.41. The second-order valence-corrected chi connectivity index (χ2v) is 7.64. The Kier molecular flexibility index (Phi) is 6.89. The highest BCUT2D eigenvalue weighted by atomic mass is 32.1. The third kappa shape index (κ3) is 5.36. The van der Waals surface area contributed by atoms with Gasteiger partial charge in [-0.1, -0.05) is 12.1 Å². The first-order valence-corrected chi connectivity index (χ1v) is 10.2. The summed E-state index contributed by atoms with van der Waals surface area (Å²) in [7, 11) is 0. The molecule has 1 aromatic carbocycles. The molecule has 0 saturated heterocycles. The van der Waals surface area contributed by atoms with E-state index in [1.54, 1.807) is 35.0 Å². The molecular weight excluding hydrogens is 413 g/mol. The largest absolute Gasteiger partial charge is 0.354 e. The standard InChI is InChI=1S/C19H20FN5O2S2/c1-12-4-5-13(11-14(12)20)18(27)22-8-7-21-16(26)6-9-25-17(23-24-19(25)28)15-3-2-10-29-15/h2-5,10-11H,6-9H2,1H3,(H,21,26)(H,22,27)(H,24,28). The van der Waals surface area contributed by atoms with E-state index in [1.807, 2.05) is 17.5 Å². The van der Waals surface area contributed by atoms with Gasteiger partial charge in [-0.05, 0) is 48.3 Å². The molecule has 0 bridgehead atoms. The molecule has 0 saturated carbocycles. The van der Waals surface area contributed by atoms with Crippen molar-refractivity contribution in [2.24, 2.45) is 0 Å². The second-order valence-electron chi connectivity index (χ2n) is 6.30. The molecule has 2 aromatic heterocycles. The number of benzene rings is 1. The van der Waals surface area contributed by atoms with Crippen LogP contribution in [0.15, 0.2) is 35.7 Å². The van der Waals surface area contributed by atoms with Crippen molar-refractivity contribution in [2.45, 2.75) is 19.9 Å². The van der Waals surface area contributed by atoms with E-state index >= 15 is 0 Å². The second kappa shape index (κ2) is 9.57. The Morgan fingerprint density at radius 1 is 1.28 bits per heavy atom. The van der Waals surface area contributed by atoms with Gasteiger partial charge in [0.25, 0.3) is 5.91 Å². The van der Waals surface area contributed by atoms with Crippen LogP contribution in [0.5, 0.6) is 0 Å². The molecule has 2 amide bonds. The molecule has 0 fully saturated rings. The number of H-pyrrole nitrogens is 1. The number of carbonyl (C=O) groups excluding carboxylic acids is 2. The maximum atomic E-state index is 13.5. The number of aryl methyl sites for hydroxylation is 1. The van der Waals surface area contributed by atoms with Crippen LogP contribution in [0.2, 0.25) is 0 Å². The van der Waals surface area contributed by atoms with E-state index in [4.69, 9.17) is 12.2 Å². The minimum Gasteiger partial charge on any atom is -0.354 e. The van der Waals surface area contributed by atoms with Gasteiger partial charge in [0, 0.05) is 31.6 Å². The Labute approximate surface area is 176 Å². The summed E-state index contributed by atoms with van der Waals surface area (Å²) < 4.78 is 15.8. The normalized spacial score (nSPS) is 10.7. The van der Waals surface area contributed by atoms with Crippen molar-refractivity contribution in [3.63, 3.8) is 0 Å². The topological polar surface area (TPSA) is 91.8 Å². The highest BCUT2D eigenvalue weighted by Gasteiger charge is 2.12. The van der Waals surface area contributed by atoms with Gasteiger partial charge in [0.15, 0.2) is 10.6 Å². The minimum absolute atomic E-state index is 0.166. The summed E-state index contributed by atoms with van der Waals surface area (Å²) in [5.74, 6) is -0.273. The third-order valence-electron chi connectivity index (χ3n) is 4.23. The summed E-state index contributed by atoms with van der Waals surface area (Å²) in [5.41, 5.74) is 0.726. The summed E-state index contributed by atoms with van der Waals surface area (Å²) >= 11 is 6.78. The highest BCUT2D eigenvalue weighted by molar-refractivity contribution is 7.71. The van der Waals surface area contributed by atoms with Crippen LogP contribution in [0.4, 0.5) is 4.39 Å². The smallest absolute Gasteiger partial charge is 0.251 e. The van der Waals surface area contributed by atoms with E-state index < -0.39 is 5.82 Å². The fourth-order valence-electron chi connectivity index (χ4n) is 2.63. The number of amides is 2. The number of thiophene rings is 1. The summed E-state index contributed by atoms with van der Waals surface area (Å²) in [4.78, 5) is 25.1. The average Bonchev–Trinajstić information content (AvgIpc) is 3.35. The fourth-order valence-corrected chi connectivity index (χ4v) is 3.58. The van der Waals surface area contributed by atoms with Crippen molar-refractivity contribution in [1.29, 1.82) is 0 Å². The van der Waals surface area contributed by atoms with Gasteiger partial charge in [0.05, 0.1) is 4.88 Å². The lowest BCUT2D eigenvalue weighted by Gasteiger charge is -2.09. The van der Waals surface area contributed by atoms with Crippen LogP contribution in [0.1, 0.15) is 22.3 Å². The Bertz CT molecular complexity index is 1060. The number of carbonyl (C=O) groups is 2. The van der Waals surface area contributed by atoms with Crippen LogP contribution < -0.4 is 10.6 Å². The summed E-state index contributed by atoms with van der Waals surface area (Å²) in [6.07, 6.45) is 0.226. The number of aromatic nitrogens is 3. The van der Waals surface area contributed by atoms with Gasteiger partial charge in [-0.25, -0.2) is 4.39 Å². The van der Waals surface area contributed by atoms with Crippen LogP contribution in [-0.4, -0.2) is 39.7 Å². The monoisotopic (exact) mass is 433 g/mol. The van der Waals surface area contributed by atoms with Crippen LogP contribution in [0.25, 0.3) is 10.7 Å². The molecule has 3 N–H and O–H groups in total. The van der Waals surface area contributed by atoms with Crippen LogP contribution >= 0.6 is 23.6 Å². The SMILES string of the molecule is Cc1ccc(C(=O)NCCNC(=O)CCn2c(-c3cccs3)n[nH]c2=S)cc1F. The lowest BCUT2D eigenvalue weighted by Crippen LogP contribution is -2.35. The van der Waals surface area contributed by atoms with Gasteiger partial charge in [-0.15, -0.1) is 11.3 Å². The number of nitrogens with one attached hydrogen (secondary N) is 3. The van der Waals surface area contributed by atoms with Crippen LogP contribution in [0.3, 0.4) is 0 Å². The molecule has 0 aliphatic rings. The first kappa shape index (κ1) is 20.9. The van der Waals surface area contributed by atoms with Crippen LogP contribution in [0, 0.1) is 17.5 Å². The van der Waals surface area contributed by atoms with Crippen molar-refractivity contribution in [1.82, 2.24) is 25.4 Å². The molecule has 0 aliphatic heterocycles. The first-order chi connectivity index (χ1) is 14.0. The molecule has 3 aromatic rings. The van der Waals surface area contributed by atoms with Gasteiger partial charge in [-0.2, -0.15) is 5.10 Å². The number of nitrogens with zero attached hydrogens (tertiary/aromatic N) is 2. The molecule has 0 aliphatic carbocycles. The van der Waals surface area contributed by atoms with E-state index in [2.05, 4.69) is 20.8 Å². The van der Waals surface area contributed by atoms with Crippen LogP contribution in [-0.2, 0) is 11.3 Å². The molecular formula is C19H20FN5O2S2. The summed E-state index contributed by atoms with van der Waals surface area (Å²) in [5, 5.41) is 14.3. The average molecular weight is 434 g/mol. The van der Waals surface area contributed by atoms with Gasteiger partial charge >= 0.3 is 0 Å². The number of hydrogen-bond donors (Lipinski definition) is 3. The molecule has 0 atom stereocenters. The van der Waals surface area contributed by atoms with Gasteiger partial charge in [-0.3, -0.25) is 19.3 Å². The van der Waals surface area contributed by atoms with E-state index in [1.165, 1.54) is 6.07 Å². The van der Waals surface area contributed by atoms with E-state index in [0.717, 1.165) is 4.88 Å². The molecule has 3 rings (SSSR count). The Morgan fingerprint density at radius 2 is 2.07 bits per heavy atom. The van der Waals surface area contributed by atoms with Crippen molar-refractivity contribution in [3.8, 4) is 10.7 Å². The predicted octanol–water partition coefficient (Wildman–Crippen LogP) is 3.05. The van der Waals surface area contributed by atoms with E-state index in [9.17, 15) is 14.0 Å². The van der Waals surface area contributed by atoms with Crippen molar-refractivity contribution >= 4 is 35.4 Å². The lowest BCUT2D eigenvalue weighted by atomic mass is 10.1. The Hall–Kier alpha value is -2.85. The molecule has 10 heteroatoms. The van der Waals surface area contributed by atoms with Gasteiger partial charge < -0.3 is 10.6 Å². The minimum atomic E-state index is -0.425.